The van der Waals surface area contributed by atoms with Gasteiger partial charge in [-0.25, -0.2) is 23.1 Å². The quantitative estimate of drug-likeness (QED) is 0.512. The number of carbonyl (C=O) groups is 1. The predicted octanol–water partition coefficient (Wildman–Crippen LogP) is 3.75. The molecule has 0 aliphatic heterocycles. The molecule has 0 atom stereocenters. The predicted molar refractivity (Wildman–Crippen MR) is 116 cm³/mol. The second-order valence-corrected chi connectivity index (χ2v) is 9.00. The maximum Gasteiger partial charge on any atom is 0.264 e. The number of halogens is 1. The second kappa shape index (κ2) is 8.23. The largest absolute Gasteiger partial charge is 0.322 e. The second-order valence-electron chi connectivity index (χ2n) is 6.07. The van der Waals surface area contributed by atoms with Gasteiger partial charge >= 0.3 is 0 Å². The van der Waals surface area contributed by atoms with Crippen LogP contribution in [0.3, 0.4) is 0 Å². The van der Waals surface area contributed by atoms with Gasteiger partial charge in [-0.3, -0.25) is 4.79 Å². The molecule has 2 aromatic carbocycles. The van der Waals surface area contributed by atoms with E-state index in [1.54, 1.807) is 38.1 Å². The first-order valence-electron chi connectivity index (χ1n) is 8.25. The minimum atomic E-state index is -3.84. The Morgan fingerprint density at radius 3 is 2.21 bits per heavy atom. The van der Waals surface area contributed by atoms with Crippen molar-refractivity contribution in [2.24, 2.45) is 0 Å². The summed E-state index contributed by atoms with van der Waals surface area (Å²) in [6, 6.07) is 14.8. The lowest BCUT2D eigenvalue weighted by molar-refractivity contribution is 0.102. The van der Waals surface area contributed by atoms with Crippen molar-refractivity contribution in [2.75, 3.05) is 10.0 Å². The van der Waals surface area contributed by atoms with Gasteiger partial charge in [-0.1, -0.05) is 6.07 Å². The van der Waals surface area contributed by atoms with Gasteiger partial charge in [0.05, 0.1) is 4.90 Å². The Balaban J connectivity index is 1.75. The molecular formula is C19H17IN4O3S. The maximum atomic E-state index is 12.5. The van der Waals surface area contributed by atoms with Gasteiger partial charge in [0, 0.05) is 26.2 Å². The average molecular weight is 508 g/mol. The van der Waals surface area contributed by atoms with Crippen LogP contribution in [0.1, 0.15) is 21.7 Å². The first kappa shape index (κ1) is 20.2. The lowest BCUT2D eigenvalue weighted by Crippen LogP contribution is -2.16. The number of hydrogen-bond donors (Lipinski definition) is 2. The molecule has 1 heterocycles. The number of rotatable bonds is 5. The van der Waals surface area contributed by atoms with Gasteiger partial charge in [0.1, 0.15) is 0 Å². The van der Waals surface area contributed by atoms with Crippen LogP contribution in [0.5, 0.6) is 0 Å². The van der Waals surface area contributed by atoms with Gasteiger partial charge in [-0.05, 0) is 85.0 Å². The van der Waals surface area contributed by atoms with E-state index in [1.807, 2.05) is 6.07 Å². The highest BCUT2D eigenvalue weighted by atomic mass is 127. The van der Waals surface area contributed by atoms with Crippen LogP contribution in [-0.2, 0) is 10.0 Å². The Morgan fingerprint density at radius 1 is 0.964 bits per heavy atom. The summed E-state index contributed by atoms with van der Waals surface area (Å²) in [5.41, 5.74) is 2.35. The lowest BCUT2D eigenvalue weighted by Gasteiger charge is -2.09. The monoisotopic (exact) mass is 508 g/mol. The molecule has 7 nitrogen and oxygen atoms in total. The van der Waals surface area contributed by atoms with Crippen molar-refractivity contribution in [1.82, 2.24) is 9.97 Å². The molecule has 0 aliphatic rings. The van der Waals surface area contributed by atoms with Crippen molar-refractivity contribution in [3.63, 3.8) is 0 Å². The number of nitrogens with one attached hydrogen (secondary N) is 2. The number of sulfonamides is 1. The first-order chi connectivity index (χ1) is 13.2. The van der Waals surface area contributed by atoms with E-state index in [4.69, 9.17) is 0 Å². The zero-order chi connectivity index (χ0) is 20.3. The number of aryl methyl sites for hydroxylation is 2. The summed E-state index contributed by atoms with van der Waals surface area (Å²) < 4.78 is 28.4. The number of hydrogen-bond acceptors (Lipinski definition) is 5. The first-order valence-corrected chi connectivity index (χ1v) is 10.8. The molecule has 3 rings (SSSR count). The fourth-order valence-corrected chi connectivity index (χ4v) is 3.99. The van der Waals surface area contributed by atoms with Crippen molar-refractivity contribution in [1.29, 1.82) is 0 Å². The van der Waals surface area contributed by atoms with Crippen molar-refractivity contribution in [2.45, 2.75) is 18.7 Å². The standard InChI is InChI=1S/C19H17IN4O3S/c1-12-10-13(2)22-19(21-12)24-28(26,27)17-8-6-16(7-9-17)23-18(25)14-4-3-5-15(20)11-14/h3-11H,1-2H3,(H,23,25)(H,21,22,24). The number of benzene rings is 2. The van der Waals surface area contributed by atoms with E-state index in [1.165, 1.54) is 24.3 Å². The summed E-state index contributed by atoms with van der Waals surface area (Å²) in [6.45, 7) is 3.52. The molecule has 144 valence electrons. The lowest BCUT2D eigenvalue weighted by atomic mass is 10.2. The Labute approximate surface area is 176 Å². The minimum absolute atomic E-state index is 0.0218. The van der Waals surface area contributed by atoms with Gasteiger partial charge in [0.2, 0.25) is 5.95 Å². The van der Waals surface area contributed by atoms with Crippen LogP contribution in [-0.4, -0.2) is 24.3 Å². The normalized spacial score (nSPS) is 11.1. The van der Waals surface area contributed by atoms with Gasteiger partial charge in [0.15, 0.2) is 0 Å². The summed E-state index contributed by atoms with van der Waals surface area (Å²) in [5, 5.41) is 2.75. The molecule has 28 heavy (non-hydrogen) atoms. The van der Waals surface area contributed by atoms with Crippen LogP contribution in [0, 0.1) is 17.4 Å². The summed E-state index contributed by atoms with van der Waals surface area (Å²) in [4.78, 5) is 20.5. The number of anilines is 2. The summed E-state index contributed by atoms with van der Waals surface area (Å²) in [6.07, 6.45) is 0. The van der Waals surface area contributed by atoms with Crippen LogP contribution in [0.2, 0.25) is 0 Å². The van der Waals surface area contributed by atoms with Crippen LogP contribution in [0.15, 0.2) is 59.5 Å². The molecule has 0 saturated heterocycles. The van der Waals surface area contributed by atoms with Crippen LogP contribution in [0.25, 0.3) is 0 Å². The summed E-state index contributed by atoms with van der Waals surface area (Å²) in [7, 11) is -3.84. The number of aromatic nitrogens is 2. The summed E-state index contributed by atoms with van der Waals surface area (Å²) >= 11 is 2.13. The maximum absolute atomic E-state index is 12.5. The third-order valence-corrected chi connectivity index (χ3v) is 5.73. The Bertz CT molecular complexity index is 1110. The fourth-order valence-electron chi connectivity index (χ4n) is 2.50. The highest BCUT2D eigenvalue weighted by Crippen LogP contribution is 2.18. The van der Waals surface area contributed by atoms with E-state index in [2.05, 4.69) is 42.6 Å². The van der Waals surface area contributed by atoms with Gasteiger partial charge in [-0.15, -0.1) is 0 Å². The third kappa shape index (κ3) is 5.04. The van der Waals surface area contributed by atoms with Gasteiger partial charge in [-0.2, -0.15) is 0 Å². The summed E-state index contributed by atoms with van der Waals surface area (Å²) in [5.74, 6) is -0.246. The number of nitrogens with zero attached hydrogens (tertiary/aromatic N) is 2. The SMILES string of the molecule is Cc1cc(C)nc(NS(=O)(=O)c2ccc(NC(=O)c3cccc(I)c3)cc2)n1. The van der Waals surface area contributed by atoms with Crippen LogP contribution >= 0.6 is 22.6 Å². The van der Waals surface area contributed by atoms with Crippen LogP contribution in [0.4, 0.5) is 11.6 Å². The molecule has 0 aliphatic carbocycles. The topological polar surface area (TPSA) is 101 Å². The Hall–Kier alpha value is -2.53. The van der Waals surface area contributed by atoms with E-state index >= 15 is 0 Å². The molecule has 0 radical (unpaired) electrons. The smallest absolute Gasteiger partial charge is 0.264 e. The van der Waals surface area contributed by atoms with Gasteiger partial charge < -0.3 is 5.32 Å². The highest BCUT2D eigenvalue weighted by Gasteiger charge is 2.16. The van der Waals surface area contributed by atoms with E-state index in [0.29, 0.717) is 22.6 Å². The van der Waals surface area contributed by atoms with E-state index in [-0.39, 0.29) is 16.8 Å². The minimum Gasteiger partial charge on any atom is -0.322 e. The number of carbonyl (C=O) groups excluding carboxylic acids is 1. The number of amides is 1. The molecule has 9 heteroatoms. The fraction of sp³-hybridized carbons (Fsp3) is 0.105. The van der Waals surface area contributed by atoms with Crippen molar-refractivity contribution < 1.29 is 13.2 Å². The average Bonchev–Trinajstić information content (AvgIpc) is 2.61. The molecule has 1 amide bonds. The molecule has 1 aromatic heterocycles. The molecule has 0 spiro atoms. The highest BCUT2D eigenvalue weighted by molar-refractivity contribution is 14.1. The Morgan fingerprint density at radius 2 is 1.61 bits per heavy atom. The Kier molecular flexibility index (Phi) is 5.94. The molecular weight excluding hydrogens is 491 g/mol. The third-order valence-electron chi connectivity index (χ3n) is 3.72. The molecule has 0 saturated carbocycles. The molecule has 0 bridgehead atoms. The zero-order valence-electron chi connectivity index (χ0n) is 15.1. The molecule has 0 unspecified atom stereocenters. The van der Waals surface area contributed by atoms with E-state index < -0.39 is 10.0 Å². The van der Waals surface area contributed by atoms with Gasteiger partial charge in [0.25, 0.3) is 15.9 Å². The molecule has 0 fully saturated rings. The van der Waals surface area contributed by atoms with Crippen molar-refractivity contribution in [3.8, 4) is 0 Å². The molecule has 3 aromatic rings. The van der Waals surface area contributed by atoms with Crippen LogP contribution < -0.4 is 10.0 Å². The van der Waals surface area contributed by atoms with Crippen molar-refractivity contribution in [3.05, 3.63) is 75.1 Å². The van der Waals surface area contributed by atoms with Crippen molar-refractivity contribution >= 4 is 50.2 Å². The molecule has 2 N–H and O–H groups in total. The zero-order valence-corrected chi connectivity index (χ0v) is 18.1. The van der Waals surface area contributed by atoms with E-state index in [9.17, 15) is 13.2 Å². The van der Waals surface area contributed by atoms with E-state index in [0.717, 1.165) is 3.57 Å².